The molecule has 6 heteroatoms. The maximum absolute atomic E-state index is 11.5. The van der Waals surface area contributed by atoms with Gasteiger partial charge in [0.1, 0.15) is 0 Å². The minimum Gasteiger partial charge on any atom is -0.394 e. The molecule has 1 radical (unpaired) electrons. The molecular formula is C15H19O5Si. The summed E-state index contributed by atoms with van der Waals surface area (Å²) in [5.74, 6) is -1.11. The van der Waals surface area contributed by atoms with Crippen LogP contribution in [0.2, 0.25) is 6.04 Å². The first-order chi connectivity index (χ1) is 10.2. The number of hydrogen-bond acceptors (Lipinski definition) is 5. The molecule has 2 rings (SSSR count). The summed E-state index contributed by atoms with van der Waals surface area (Å²) in [7, 11) is -1.19. The van der Waals surface area contributed by atoms with E-state index in [0.29, 0.717) is 24.3 Å². The van der Waals surface area contributed by atoms with Crippen LogP contribution < -0.4 is 0 Å². The van der Waals surface area contributed by atoms with Crippen molar-refractivity contribution in [2.45, 2.75) is 32.7 Å². The van der Waals surface area contributed by atoms with Gasteiger partial charge in [0.05, 0.1) is 11.1 Å². The lowest BCUT2D eigenvalue weighted by Gasteiger charge is -2.12. The van der Waals surface area contributed by atoms with Crippen molar-refractivity contribution in [1.82, 2.24) is 0 Å². The van der Waals surface area contributed by atoms with Gasteiger partial charge in [-0.3, -0.25) is 0 Å². The van der Waals surface area contributed by atoms with E-state index in [9.17, 15) is 9.59 Å². The largest absolute Gasteiger partial charge is 0.394 e. The minimum absolute atomic E-state index is 0.358. The lowest BCUT2D eigenvalue weighted by Crippen LogP contribution is -2.22. The summed E-state index contributed by atoms with van der Waals surface area (Å²) in [6, 6.07) is 6.17. The van der Waals surface area contributed by atoms with Crippen molar-refractivity contribution in [3.63, 3.8) is 0 Å². The van der Waals surface area contributed by atoms with E-state index >= 15 is 0 Å². The van der Waals surface area contributed by atoms with E-state index in [1.807, 2.05) is 19.9 Å². The maximum Gasteiger partial charge on any atom is 0.384 e. The van der Waals surface area contributed by atoms with Gasteiger partial charge in [0.25, 0.3) is 0 Å². The molecule has 1 aliphatic heterocycles. The molecule has 113 valence electrons. The van der Waals surface area contributed by atoms with Crippen molar-refractivity contribution in [3.05, 3.63) is 34.9 Å². The molecule has 1 aliphatic rings. The molecule has 0 spiro atoms. The number of ether oxygens (including phenoxy) is 1. The fourth-order valence-corrected chi connectivity index (χ4v) is 3.71. The smallest absolute Gasteiger partial charge is 0.384 e. The molecular weight excluding hydrogens is 288 g/mol. The Kier molecular flexibility index (Phi) is 5.66. The van der Waals surface area contributed by atoms with E-state index < -0.39 is 21.2 Å². The summed E-state index contributed by atoms with van der Waals surface area (Å²) < 4.78 is 15.8. The molecule has 1 aromatic carbocycles. The van der Waals surface area contributed by atoms with Crippen molar-refractivity contribution in [2.24, 2.45) is 0 Å². The Morgan fingerprint density at radius 2 is 1.71 bits per heavy atom. The van der Waals surface area contributed by atoms with Gasteiger partial charge in [-0.2, -0.15) is 0 Å². The number of carbonyl (C=O) groups is 2. The van der Waals surface area contributed by atoms with Crippen LogP contribution >= 0.6 is 0 Å². The molecule has 0 amide bonds. The summed E-state index contributed by atoms with van der Waals surface area (Å²) in [5.41, 5.74) is 1.75. The highest BCUT2D eigenvalue weighted by atomic mass is 28.3. The fraction of sp³-hybridized carbons (Fsp3) is 0.467. The second-order valence-electron chi connectivity index (χ2n) is 4.65. The van der Waals surface area contributed by atoms with Crippen molar-refractivity contribution in [1.29, 1.82) is 0 Å². The van der Waals surface area contributed by atoms with Gasteiger partial charge in [0, 0.05) is 13.2 Å². The summed E-state index contributed by atoms with van der Waals surface area (Å²) >= 11 is 0. The third-order valence-electron chi connectivity index (χ3n) is 3.17. The van der Waals surface area contributed by atoms with Gasteiger partial charge in [0.2, 0.25) is 0 Å². The second-order valence-corrected chi connectivity index (χ2v) is 6.47. The van der Waals surface area contributed by atoms with Gasteiger partial charge in [-0.05, 0) is 50.4 Å². The average molecular weight is 307 g/mol. The molecule has 0 unspecified atom stereocenters. The molecule has 0 bridgehead atoms. The number of benzene rings is 1. The fourth-order valence-electron chi connectivity index (χ4n) is 2.23. The number of fused-ring (bicyclic) bond motifs is 1. The highest BCUT2D eigenvalue weighted by Gasteiger charge is 2.29. The minimum atomic E-state index is -1.19. The summed E-state index contributed by atoms with van der Waals surface area (Å²) in [4.78, 5) is 22.9. The van der Waals surface area contributed by atoms with Crippen LogP contribution in [0.4, 0.5) is 0 Å². The molecule has 0 aliphatic carbocycles. The van der Waals surface area contributed by atoms with Crippen molar-refractivity contribution < 1.29 is 23.2 Å². The summed E-state index contributed by atoms with van der Waals surface area (Å²) in [5, 5.41) is 0. The van der Waals surface area contributed by atoms with Crippen LogP contribution in [0, 0.1) is 0 Å². The molecule has 1 heterocycles. The monoisotopic (exact) mass is 307 g/mol. The van der Waals surface area contributed by atoms with Crippen LogP contribution in [0.1, 0.15) is 46.5 Å². The Labute approximate surface area is 126 Å². The van der Waals surface area contributed by atoms with E-state index in [1.54, 1.807) is 12.1 Å². The Bertz CT molecular complexity index is 523. The quantitative estimate of drug-likeness (QED) is 0.419. The van der Waals surface area contributed by atoms with Gasteiger partial charge in [-0.25, -0.2) is 9.59 Å². The SMILES string of the molecule is CCO[Si](CCCc1ccc2c(c1)C(=O)OC2=O)OCC. The zero-order valence-electron chi connectivity index (χ0n) is 12.3. The number of carbonyl (C=O) groups excluding carboxylic acids is 2. The first-order valence-corrected chi connectivity index (χ1v) is 8.69. The van der Waals surface area contributed by atoms with Gasteiger partial charge in [-0.1, -0.05) is 6.07 Å². The third kappa shape index (κ3) is 4.00. The Balaban J connectivity index is 1.91. The molecule has 0 fully saturated rings. The van der Waals surface area contributed by atoms with E-state index in [4.69, 9.17) is 8.85 Å². The van der Waals surface area contributed by atoms with Gasteiger partial charge >= 0.3 is 21.2 Å². The number of aryl methyl sites for hydroxylation is 1. The lowest BCUT2D eigenvalue weighted by molar-refractivity contribution is 0.0443. The van der Waals surface area contributed by atoms with Crippen LogP contribution in [0.25, 0.3) is 0 Å². The first-order valence-electron chi connectivity index (χ1n) is 7.16. The Morgan fingerprint density at radius 3 is 2.38 bits per heavy atom. The van der Waals surface area contributed by atoms with Crippen LogP contribution in [-0.2, 0) is 20.0 Å². The number of hydrogen-bond donors (Lipinski definition) is 0. The highest BCUT2D eigenvalue weighted by Crippen LogP contribution is 2.22. The van der Waals surface area contributed by atoms with Crippen molar-refractivity contribution in [3.8, 4) is 0 Å². The van der Waals surface area contributed by atoms with E-state index in [1.165, 1.54) is 0 Å². The number of cyclic esters (lactones) is 2. The molecule has 0 aromatic heterocycles. The standard InChI is InChI=1S/C15H19O5Si/c1-3-18-21(19-4-2)9-5-6-11-7-8-12-13(10-11)15(17)20-14(12)16/h7-8,10H,3-6,9H2,1-2H3. The van der Waals surface area contributed by atoms with Crippen LogP contribution in [0.3, 0.4) is 0 Å². The normalized spacial score (nSPS) is 13.7. The van der Waals surface area contributed by atoms with E-state index in [-0.39, 0.29) is 0 Å². The average Bonchev–Trinajstić information content (AvgIpc) is 2.74. The predicted molar refractivity (Wildman–Crippen MR) is 78.3 cm³/mol. The Morgan fingerprint density at radius 1 is 1.05 bits per heavy atom. The van der Waals surface area contributed by atoms with Crippen molar-refractivity contribution >= 4 is 21.2 Å². The van der Waals surface area contributed by atoms with E-state index in [0.717, 1.165) is 24.4 Å². The van der Waals surface area contributed by atoms with Gasteiger partial charge in [-0.15, -0.1) is 0 Å². The van der Waals surface area contributed by atoms with Gasteiger partial charge in [0.15, 0.2) is 0 Å². The Hall–Kier alpha value is -1.50. The second kappa shape index (κ2) is 7.49. The van der Waals surface area contributed by atoms with E-state index in [2.05, 4.69) is 4.74 Å². The van der Waals surface area contributed by atoms with Crippen LogP contribution in [0.15, 0.2) is 18.2 Å². The first kappa shape index (κ1) is 15.9. The van der Waals surface area contributed by atoms with Crippen LogP contribution in [-0.4, -0.2) is 34.4 Å². The topological polar surface area (TPSA) is 61.8 Å². The molecule has 0 N–H and O–H groups in total. The molecule has 0 atom stereocenters. The molecule has 0 saturated heterocycles. The molecule has 1 aromatic rings. The zero-order valence-corrected chi connectivity index (χ0v) is 13.3. The van der Waals surface area contributed by atoms with Crippen molar-refractivity contribution in [2.75, 3.05) is 13.2 Å². The molecule has 5 nitrogen and oxygen atoms in total. The van der Waals surface area contributed by atoms with Gasteiger partial charge < -0.3 is 13.6 Å². The number of esters is 2. The zero-order chi connectivity index (χ0) is 15.2. The summed E-state index contributed by atoms with van der Waals surface area (Å²) in [6.07, 6.45) is 1.75. The number of rotatable bonds is 8. The summed E-state index contributed by atoms with van der Waals surface area (Å²) in [6.45, 7) is 5.27. The van der Waals surface area contributed by atoms with Crippen LogP contribution in [0.5, 0.6) is 0 Å². The third-order valence-corrected chi connectivity index (χ3v) is 5.15. The predicted octanol–water partition coefficient (Wildman–Crippen LogP) is 2.49. The molecule has 21 heavy (non-hydrogen) atoms. The molecule has 0 saturated carbocycles. The highest BCUT2D eigenvalue weighted by molar-refractivity contribution is 6.44. The maximum atomic E-state index is 11.5. The lowest BCUT2D eigenvalue weighted by atomic mass is 10.0.